The van der Waals surface area contributed by atoms with Gasteiger partial charge in [0.1, 0.15) is 0 Å². The zero-order valence-electron chi connectivity index (χ0n) is 13.3. The molecule has 1 saturated carbocycles. The van der Waals surface area contributed by atoms with Crippen LogP contribution in [-0.2, 0) is 0 Å². The molecule has 0 aliphatic heterocycles. The Hall–Kier alpha value is -0.870. The summed E-state index contributed by atoms with van der Waals surface area (Å²) in [6.07, 6.45) is 12.0. The summed E-state index contributed by atoms with van der Waals surface area (Å²) in [6, 6.07) is 1.38. The molecule has 2 rings (SSSR count). The van der Waals surface area contributed by atoms with Crippen LogP contribution in [0.4, 0.5) is 0 Å². The Morgan fingerprint density at radius 2 is 1.95 bits per heavy atom. The molecule has 4 heteroatoms. The van der Waals surface area contributed by atoms with E-state index in [0.29, 0.717) is 18.6 Å². The van der Waals surface area contributed by atoms with E-state index in [1.54, 1.807) is 0 Å². The highest BCUT2D eigenvalue weighted by atomic mass is 15.2. The average Bonchev–Trinajstić information content (AvgIpc) is 2.74. The van der Waals surface area contributed by atoms with E-state index in [9.17, 15) is 0 Å². The third kappa shape index (κ3) is 3.41. The van der Waals surface area contributed by atoms with Gasteiger partial charge in [0.2, 0.25) is 0 Å². The molecule has 0 saturated heterocycles. The highest BCUT2D eigenvalue weighted by molar-refractivity contribution is 5.08. The lowest BCUT2D eigenvalue weighted by molar-refractivity contribution is 0.155. The van der Waals surface area contributed by atoms with E-state index < -0.39 is 0 Å². The molecule has 0 amide bonds. The van der Waals surface area contributed by atoms with Crippen molar-refractivity contribution in [2.75, 3.05) is 13.6 Å². The molecule has 1 atom stereocenters. The number of likely N-dealkylation sites (N-methyl/N-ethyl adjacent to an activating group) is 1. The number of hydrogen-bond acceptors (Lipinski definition) is 3. The topological polar surface area (TPSA) is 47.1 Å². The summed E-state index contributed by atoms with van der Waals surface area (Å²) in [5, 5.41) is 0. The molecule has 0 bridgehead atoms. The van der Waals surface area contributed by atoms with Crippen molar-refractivity contribution in [1.82, 2.24) is 14.5 Å². The fraction of sp³-hybridized carbons (Fsp3) is 0.812. The van der Waals surface area contributed by atoms with Crippen molar-refractivity contribution >= 4 is 0 Å². The smallest absolute Gasteiger partial charge is 0.0951 e. The summed E-state index contributed by atoms with van der Waals surface area (Å²) in [5.74, 6) is 0. The summed E-state index contributed by atoms with van der Waals surface area (Å²) >= 11 is 0. The van der Waals surface area contributed by atoms with E-state index in [-0.39, 0.29) is 6.04 Å². The lowest BCUT2D eigenvalue weighted by atomic mass is 10.0. The first-order chi connectivity index (χ1) is 9.65. The fourth-order valence-electron chi connectivity index (χ4n) is 3.42. The molecule has 0 radical (unpaired) electrons. The first-order valence-electron chi connectivity index (χ1n) is 8.09. The maximum Gasteiger partial charge on any atom is 0.0951 e. The molecule has 2 N–H and O–H groups in total. The number of aromatic nitrogens is 2. The number of rotatable bonds is 5. The SMILES string of the molecule is CC(C)n1cncc1C(CN)N(C)C1CCCCCC1. The number of imidazole rings is 1. The van der Waals surface area contributed by atoms with Gasteiger partial charge in [0.15, 0.2) is 0 Å². The minimum atomic E-state index is 0.281. The first-order valence-corrected chi connectivity index (χ1v) is 8.09. The molecule has 1 aromatic heterocycles. The molecule has 4 nitrogen and oxygen atoms in total. The second-order valence-electron chi connectivity index (χ2n) is 6.38. The number of nitrogens with zero attached hydrogens (tertiary/aromatic N) is 3. The summed E-state index contributed by atoms with van der Waals surface area (Å²) < 4.78 is 2.25. The lowest BCUT2D eigenvalue weighted by Crippen LogP contribution is -2.39. The third-order valence-electron chi connectivity index (χ3n) is 4.71. The molecule has 114 valence electrons. The Morgan fingerprint density at radius 1 is 1.30 bits per heavy atom. The molecular formula is C16H30N4. The molecule has 0 aromatic carbocycles. The summed E-state index contributed by atoms with van der Waals surface area (Å²) in [6.45, 7) is 5.06. The third-order valence-corrected chi connectivity index (χ3v) is 4.71. The summed E-state index contributed by atoms with van der Waals surface area (Å²) in [5.41, 5.74) is 7.36. The van der Waals surface area contributed by atoms with E-state index in [0.717, 1.165) is 0 Å². The van der Waals surface area contributed by atoms with Gasteiger partial charge in [-0.1, -0.05) is 25.7 Å². The van der Waals surface area contributed by atoms with Gasteiger partial charge in [-0.05, 0) is 33.7 Å². The zero-order valence-corrected chi connectivity index (χ0v) is 13.3. The van der Waals surface area contributed by atoms with Crippen molar-refractivity contribution in [2.24, 2.45) is 5.73 Å². The molecule has 20 heavy (non-hydrogen) atoms. The molecular weight excluding hydrogens is 248 g/mol. The Bertz CT molecular complexity index is 391. The van der Waals surface area contributed by atoms with Gasteiger partial charge < -0.3 is 10.3 Å². The molecule has 1 heterocycles. The number of nitrogens with two attached hydrogens (primary N) is 1. The van der Waals surface area contributed by atoms with E-state index in [1.807, 2.05) is 12.5 Å². The minimum absolute atomic E-state index is 0.281. The van der Waals surface area contributed by atoms with E-state index >= 15 is 0 Å². The molecule has 1 fully saturated rings. The van der Waals surface area contributed by atoms with Crippen molar-refractivity contribution in [3.63, 3.8) is 0 Å². The maximum atomic E-state index is 6.10. The molecule has 1 unspecified atom stereocenters. The predicted molar refractivity (Wildman–Crippen MR) is 83.7 cm³/mol. The lowest BCUT2D eigenvalue weighted by Gasteiger charge is -2.35. The van der Waals surface area contributed by atoms with E-state index in [2.05, 4.69) is 35.3 Å². The van der Waals surface area contributed by atoms with Crippen LogP contribution in [0, 0.1) is 0 Å². The van der Waals surface area contributed by atoms with Gasteiger partial charge in [0.25, 0.3) is 0 Å². The molecule has 1 aromatic rings. The minimum Gasteiger partial charge on any atom is -0.331 e. The van der Waals surface area contributed by atoms with Crippen LogP contribution in [0.3, 0.4) is 0 Å². The first kappa shape index (κ1) is 15.5. The molecule has 0 spiro atoms. The van der Waals surface area contributed by atoms with Gasteiger partial charge in [-0.25, -0.2) is 4.98 Å². The average molecular weight is 278 g/mol. The van der Waals surface area contributed by atoms with Crippen molar-refractivity contribution in [2.45, 2.75) is 70.5 Å². The van der Waals surface area contributed by atoms with Crippen molar-refractivity contribution < 1.29 is 0 Å². The largest absolute Gasteiger partial charge is 0.331 e. The van der Waals surface area contributed by atoms with Crippen LogP contribution in [0.15, 0.2) is 12.5 Å². The second kappa shape index (κ2) is 7.23. The van der Waals surface area contributed by atoms with Gasteiger partial charge >= 0.3 is 0 Å². The fourth-order valence-corrected chi connectivity index (χ4v) is 3.42. The Kier molecular flexibility index (Phi) is 5.61. The van der Waals surface area contributed by atoms with Crippen molar-refractivity contribution in [3.05, 3.63) is 18.2 Å². The van der Waals surface area contributed by atoms with Crippen LogP contribution in [0.2, 0.25) is 0 Å². The van der Waals surface area contributed by atoms with Crippen LogP contribution >= 0.6 is 0 Å². The van der Waals surface area contributed by atoms with Crippen LogP contribution in [0.1, 0.15) is 70.2 Å². The zero-order chi connectivity index (χ0) is 14.5. The maximum absolute atomic E-state index is 6.10. The highest BCUT2D eigenvalue weighted by Gasteiger charge is 2.26. The Labute approximate surface area is 123 Å². The van der Waals surface area contributed by atoms with Crippen LogP contribution in [0.25, 0.3) is 0 Å². The van der Waals surface area contributed by atoms with Crippen LogP contribution in [-0.4, -0.2) is 34.1 Å². The molecule has 1 aliphatic carbocycles. The van der Waals surface area contributed by atoms with Crippen molar-refractivity contribution in [3.8, 4) is 0 Å². The predicted octanol–water partition coefficient (Wildman–Crippen LogP) is 3.12. The second-order valence-corrected chi connectivity index (χ2v) is 6.38. The highest BCUT2D eigenvalue weighted by Crippen LogP contribution is 2.28. The normalized spacial score (nSPS) is 19.5. The van der Waals surface area contributed by atoms with Crippen molar-refractivity contribution in [1.29, 1.82) is 0 Å². The van der Waals surface area contributed by atoms with E-state index in [4.69, 9.17) is 5.73 Å². The van der Waals surface area contributed by atoms with Crippen LogP contribution < -0.4 is 5.73 Å². The monoisotopic (exact) mass is 278 g/mol. The van der Waals surface area contributed by atoms with Gasteiger partial charge in [0.05, 0.1) is 18.1 Å². The Balaban J connectivity index is 2.15. The Morgan fingerprint density at radius 3 is 2.50 bits per heavy atom. The van der Waals surface area contributed by atoms with Gasteiger partial charge in [-0.2, -0.15) is 0 Å². The quantitative estimate of drug-likeness (QED) is 0.842. The van der Waals surface area contributed by atoms with Gasteiger partial charge in [-0.3, -0.25) is 4.90 Å². The van der Waals surface area contributed by atoms with Gasteiger partial charge in [0, 0.05) is 24.8 Å². The van der Waals surface area contributed by atoms with E-state index in [1.165, 1.54) is 44.2 Å². The van der Waals surface area contributed by atoms with Gasteiger partial charge in [-0.15, -0.1) is 0 Å². The summed E-state index contributed by atoms with van der Waals surface area (Å²) in [7, 11) is 2.24. The standard InChI is InChI=1S/C16H30N4/c1-13(2)20-12-18-11-16(20)15(10-17)19(3)14-8-6-4-5-7-9-14/h11-15H,4-10,17H2,1-3H3. The van der Waals surface area contributed by atoms with Crippen LogP contribution in [0.5, 0.6) is 0 Å². The molecule has 1 aliphatic rings. The summed E-state index contributed by atoms with van der Waals surface area (Å²) in [4.78, 5) is 6.84. The number of hydrogen-bond donors (Lipinski definition) is 1.